The van der Waals surface area contributed by atoms with Gasteiger partial charge in [0.2, 0.25) is 11.8 Å². The van der Waals surface area contributed by atoms with Crippen LogP contribution in [0.25, 0.3) is 0 Å². The van der Waals surface area contributed by atoms with Crippen LogP contribution in [0.1, 0.15) is 45.1 Å². The van der Waals surface area contributed by atoms with Crippen LogP contribution in [0.5, 0.6) is 0 Å². The third-order valence-electron chi connectivity index (χ3n) is 6.46. The maximum absolute atomic E-state index is 13.9. The Morgan fingerprint density at radius 3 is 2.50 bits per heavy atom. The molecule has 1 atom stereocenters. The molecule has 2 aliphatic rings. The van der Waals surface area contributed by atoms with Gasteiger partial charge in [0.25, 0.3) is 0 Å². The molecule has 1 unspecified atom stereocenters. The lowest BCUT2D eigenvalue weighted by Crippen LogP contribution is -2.56. The van der Waals surface area contributed by atoms with Gasteiger partial charge in [0.1, 0.15) is 5.82 Å². The largest absolute Gasteiger partial charge is 0.339 e. The number of carbonyl (C=O) groups is 3. The van der Waals surface area contributed by atoms with Crippen molar-refractivity contribution in [2.45, 2.75) is 46.1 Å². The number of carbonyl (C=O) groups excluding carboxylic acids is 3. The standard InChI is InChI=1S/C25H34ClFN4O3/c1-3-5-6-7-10-25(23(33)29-11-13-30(14-12-29)24(34)28-4-2)16-22(32)31(18-25)17-19-8-9-20(26)21(27)15-19/h6-9,15H,3-5,10-14,16-18H2,1-2H3,(H,28,34)/b7-6+. The molecule has 4 amide bonds. The lowest BCUT2D eigenvalue weighted by atomic mass is 9.81. The van der Waals surface area contributed by atoms with E-state index < -0.39 is 11.2 Å². The van der Waals surface area contributed by atoms with E-state index in [-0.39, 0.29) is 42.4 Å². The van der Waals surface area contributed by atoms with Crippen molar-refractivity contribution in [3.63, 3.8) is 0 Å². The minimum absolute atomic E-state index is 0.0360. The summed E-state index contributed by atoms with van der Waals surface area (Å²) in [5, 5.41) is 2.83. The molecule has 2 aliphatic heterocycles. The number of hydrogen-bond donors (Lipinski definition) is 1. The van der Waals surface area contributed by atoms with Crippen LogP contribution in [0.2, 0.25) is 5.02 Å². The number of likely N-dealkylation sites (tertiary alicyclic amines) is 1. The molecule has 0 spiro atoms. The van der Waals surface area contributed by atoms with Crippen molar-refractivity contribution in [1.29, 1.82) is 0 Å². The molecule has 0 saturated carbocycles. The van der Waals surface area contributed by atoms with Crippen LogP contribution in [0.3, 0.4) is 0 Å². The number of nitrogens with zero attached hydrogens (tertiary/aromatic N) is 3. The highest BCUT2D eigenvalue weighted by atomic mass is 35.5. The Hall–Kier alpha value is -2.61. The van der Waals surface area contributed by atoms with E-state index >= 15 is 0 Å². The van der Waals surface area contributed by atoms with Crippen LogP contribution in [-0.2, 0) is 16.1 Å². The number of rotatable bonds is 8. The Balaban J connectivity index is 1.74. The third kappa shape index (κ3) is 6.09. The van der Waals surface area contributed by atoms with Crippen LogP contribution in [0, 0.1) is 11.2 Å². The molecule has 2 saturated heterocycles. The average molecular weight is 493 g/mol. The average Bonchev–Trinajstić information content (AvgIpc) is 3.15. The van der Waals surface area contributed by atoms with Crippen molar-refractivity contribution in [2.75, 3.05) is 39.3 Å². The van der Waals surface area contributed by atoms with Crippen LogP contribution in [0.15, 0.2) is 30.4 Å². The monoisotopic (exact) mass is 492 g/mol. The Labute approximate surface area is 205 Å². The minimum Gasteiger partial charge on any atom is -0.339 e. The number of piperazine rings is 1. The highest BCUT2D eigenvalue weighted by Gasteiger charge is 2.50. The molecule has 2 fully saturated rings. The Morgan fingerprint density at radius 1 is 1.15 bits per heavy atom. The first kappa shape index (κ1) is 26.0. The topological polar surface area (TPSA) is 73.0 Å². The fourth-order valence-corrected chi connectivity index (χ4v) is 4.70. The summed E-state index contributed by atoms with van der Waals surface area (Å²) >= 11 is 5.79. The second-order valence-corrected chi connectivity index (χ2v) is 9.44. The summed E-state index contributed by atoms with van der Waals surface area (Å²) in [6, 6.07) is 4.39. The number of hydrogen-bond acceptors (Lipinski definition) is 3. The molecule has 0 radical (unpaired) electrons. The summed E-state index contributed by atoms with van der Waals surface area (Å²) in [6.07, 6.45) is 6.58. The maximum atomic E-state index is 13.9. The normalized spacial score (nSPS) is 20.9. The minimum atomic E-state index is -0.861. The van der Waals surface area contributed by atoms with Gasteiger partial charge < -0.3 is 20.0 Å². The van der Waals surface area contributed by atoms with E-state index in [1.807, 2.05) is 13.0 Å². The van der Waals surface area contributed by atoms with Crippen LogP contribution in [-0.4, -0.2) is 71.8 Å². The van der Waals surface area contributed by atoms with Gasteiger partial charge in [0.05, 0.1) is 10.4 Å². The molecular formula is C25H34ClFN4O3. The highest BCUT2D eigenvalue weighted by Crippen LogP contribution is 2.38. The summed E-state index contributed by atoms with van der Waals surface area (Å²) < 4.78 is 13.9. The zero-order valence-electron chi connectivity index (χ0n) is 20.0. The van der Waals surface area contributed by atoms with Gasteiger partial charge in [-0.05, 0) is 37.5 Å². The predicted molar refractivity (Wildman–Crippen MR) is 130 cm³/mol. The van der Waals surface area contributed by atoms with Crippen LogP contribution in [0.4, 0.5) is 9.18 Å². The zero-order valence-corrected chi connectivity index (χ0v) is 20.7. The second-order valence-electron chi connectivity index (χ2n) is 9.03. The second kappa shape index (κ2) is 11.7. The van der Waals surface area contributed by atoms with E-state index in [0.717, 1.165) is 12.8 Å². The molecule has 9 heteroatoms. The first-order valence-electron chi connectivity index (χ1n) is 12.0. The van der Waals surface area contributed by atoms with Crippen LogP contribution >= 0.6 is 11.6 Å². The fraction of sp³-hybridized carbons (Fsp3) is 0.560. The predicted octanol–water partition coefficient (Wildman–Crippen LogP) is 3.82. The van der Waals surface area contributed by atoms with E-state index in [9.17, 15) is 18.8 Å². The number of allylic oxidation sites excluding steroid dienone is 2. The smallest absolute Gasteiger partial charge is 0.317 e. The number of unbranched alkanes of at least 4 members (excludes halogenated alkanes) is 1. The van der Waals surface area contributed by atoms with Crippen molar-refractivity contribution in [1.82, 2.24) is 20.0 Å². The van der Waals surface area contributed by atoms with Crippen molar-refractivity contribution in [3.05, 3.63) is 46.8 Å². The summed E-state index contributed by atoms with van der Waals surface area (Å²) in [7, 11) is 0. The molecule has 3 rings (SSSR count). The number of halogens is 2. The summed E-state index contributed by atoms with van der Waals surface area (Å²) in [6.45, 7) is 6.82. The molecule has 0 bridgehead atoms. The maximum Gasteiger partial charge on any atom is 0.317 e. The molecule has 186 valence electrons. The Bertz CT molecular complexity index is 933. The van der Waals surface area contributed by atoms with Gasteiger partial charge in [-0.3, -0.25) is 9.59 Å². The van der Waals surface area contributed by atoms with Gasteiger partial charge in [-0.1, -0.05) is 43.2 Å². The van der Waals surface area contributed by atoms with E-state index in [0.29, 0.717) is 44.7 Å². The van der Waals surface area contributed by atoms with Crippen molar-refractivity contribution in [3.8, 4) is 0 Å². The molecule has 7 nitrogen and oxygen atoms in total. The number of urea groups is 1. The summed E-state index contributed by atoms with van der Waals surface area (Å²) in [5.41, 5.74) is -0.226. The molecule has 0 aromatic heterocycles. The number of nitrogens with one attached hydrogen (secondary N) is 1. The van der Waals surface area contributed by atoms with E-state index in [1.165, 1.54) is 12.1 Å². The molecule has 1 N–H and O–H groups in total. The Morgan fingerprint density at radius 2 is 1.85 bits per heavy atom. The highest BCUT2D eigenvalue weighted by molar-refractivity contribution is 6.30. The molecule has 1 aromatic rings. The summed E-state index contributed by atoms with van der Waals surface area (Å²) in [5.74, 6) is -0.698. The van der Waals surface area contributed by atoms with E-state index in [1.54, 1.807) is 20.8 Å². The van der Waals surface area contributed by atoms with E-state index in [2.05, 4.69) is 18.3 Å². The molecule has 2 heterocycles. The van der Waals surface area contributed by atoms with Crippen molar-refractivity contribution < 1.29 is 18.8 Å². The first-order valence-corrected chi connectivity index (χ1v) is 12.4. The van der Waals surface area contributed by atoms with Crippen molar-refractivity contribution in [2.24, 2.45) is 5.41 Å². The first-order chi connectivity index (χ1) is 16.3. The van der Waals surface area contributed by atoms with Gasteiger partial charge in [-0.2, -0.15) is 0 Å². The quantitative estimate of drug-likeness (QED) is 0.561. The van der Waals surface area contributed by atoms with Gasteiger partial charge in [-0.15, -0.1) is 0 Å². The molecule has 0 aliphatic carbocycles. The van der Waals surface area contributed by atoms with Gasteiger partial charge in [0, 0.05) is 52.2 Å². The SMILES string of the molecule is CCC/C=C/CC1(C(=O)N2CCN(C(=O)NCC)CC2)CC(=O)N(Cc2ccc(Cl)c(F)c2)C1. The zero-order chi connectivity index (χ0) is 24.7. The number of amides is 4. The molecule has 34 heavy (non-hydrogen) atoms. The fourth-order valence-electron chi connectivity index (χ4n) is 4.58. The lowest BCUT2D eigenvalue weighted by molar-refractivity contribution is -0.143. The van der Waals surface area contributed by atoms with Gasteiger partial charge in [-0.25, -0.2) is 9.18 Å². The van der Waals surface area contributed by atoms with Crippen molar-refractivity contribution >= 4 is 29.4 Å². The van der Waals surface area contributed by atoms with E-state index in [4.69, 9.17) is 11.6 Å². The lowest BCUT2D eigenvalue weighted by Gasteiger charge is -2.39. The van der Waals surface area contributed by atoms with Crippen LogP contribution < -0.4 is 5.32 Å². The molecule has 1 aromatic carbocycles. The Kier molecular flexibility index (Phi) is 8.94. The number of benzene rings is 1. The molecular weight excluding hydrogens is 459 g/mol. The third-order valence-corrected chi connectivity index (χ3v) is 6.77. The van der Waals surface area contributed by atoms with Gasteiger partial charge in [0.15, 0.2) is 0 Å². The van der Waals surface area contributed by atoms with Gasteiger partial charge >= 0.3 is 6.03 Å². The summed E-state index contributed by atoms with van der Waals surface area (Å²) in [4.78, 5) is 44.0.